The molecule has 120 valence electrons. The van der Waals surface area contributed by atoms with Gasteiger partial charge in [0, 0.05) is 13.7 Å². The lowest BCUT2D eigenvalue weighted by Gasteiger charge is -2.23. The van der Waals surface area contributed by atoms with E-state index in [9.17, 15) is 13.2 Å². The molecule has 0 aliphatic rings. The SMILES string of the molecule is COC(C)(C)CCOCC(N)c1ccccc1C(F)(F)F. The number of rotatable bonds is 7. The maximum Gasteiger partial charge on any atom is 0.416 e. The molecule has 0 aliphatic heterocycles. The van der Waals surface area contributed by atoms with E-state index in [1.54, 1.807) is 13.2 Å². The summed E-state index contributed by atoms with van der Waals surface area (Å²) >= 11 is 0. The summed E-state index contributed by atoms with van der Waals surface area (Å²) < 4.78 is 49.3. The highest BCUT2D eigenvalue weighted by Gasteiger charge is 2.34. The Kier molecular flexibility index (Phi) is 6.19. The molecule has 21 heavy (non-hydrogen) atoms. The van der Waals surface area contributed by atoms with Crippen LogP contribution in [0.1, 0.15) is 37.4 Å². The average Bonchev–Trinajstić information content (AvgIpc) is 2.42. The molecule has 1 aromatic rings. The fourth-order valence-electron chi connectivity index (χ4n) is 1.80. The highest BCUT2D eigenvalue weighted by molar-refractivity contribution is 5.32. The predicted molar refractivity (Wildman–Crippen MR) is 74.9 cm³/mol. The second-order valence-electron chi connectivity index (χ2n) is 5.48. The number of benzene rings is 1. The molecule has 1 unspecified atom stereocenters. The van der Waals surface area contributed by atoms with Gasteiger partial charge in [0.25, 0.3) is 0 Å². The van der Waals surface area contributed by atoms with Crippen LogP contribution in [-0.2, 0) is 15.7 Å². The number of halogens is 3. The van der Waals surface area contributed by atoms with Crippen LogP contribution in [0.3, 0.4) is 0 Å². The number of alkyl halides is 3. The Labute approximate surface area is 123 Å². The topological polar surface area (TPSA) is 44.5 Å². The summed E-state index contributed by atoms with van der Waals surface area (Å²) in [4.78, 5) is 0. The Bertz CT molecular complexity index is 447. The third-order valence-electron chi connectivity index (χ3n) is 3.36. The number of nitrogens with two attached hydrogens (primary N) is 1. The monoisotopic (exact) mass is 305 g/mol. The predicted octanol–water partition coefficient (Wildman–Crippen LogP) is 3.54. The highest BCUT2D eigenvalue weighted by atomic mass is 19.4. The molecule has 2 N–H and O–H groups in total. The van der Waals surface area contributed by atoms with Crippen LogP contribution < -0.4 is 5.73 Å². The zero-order valence-electron chi connectivity index (χ0n) is 12.5. The van der Waals surface area contributed by atoms with Gasteiger partial charge < -0.3 is 15.2 Å². The summed E-state index contributed by atoms with van der Waals surface area (Å²) in [6.45, 7) is 4.24. The Balaban J connectivity index is 2.59. The maximum atomic E-state index is 12.9. The molecule has 0 aliphatic carbocycles. The molecule has 0 radical (unpaired) electrons. The minimum atomic E-state index is -4.41. The molecule has 0 amide bonds. The Morgan fingerprint density at radius 1 is 1.19 bits per heavy atom. The van der Waals surface area contributed by atoms with Crippen LogP contribution in [0, 0.1) is 0 Å². The lowest BCUT2D eigenvalue weighted by atomic mass is 10.0. The van der Waals surface area contributed by atoms with E-state index in [0.29, 0.717) is 13.0 Å². The summed E-state index contributed by atoms with van der Waals surface area (Å²) in [7, 11) is 1.60. The second-order valence-corrected chi connectivity index (χ2v) is 5.48. The van der Waals surface area contributed by atoms with Gasteiger partial charge in [-0.05, 0) is 31.9 Å². The number of methoxy groups -OCH3 is 1. The van der Waals surface area contributed by atoms with E-state index in [1.807, 2.05) is 13.8 Å². The third-order valence-corrected chi connectivity index (χ3v) is 3.36. The van der Waals surface area contributed by atoms with Crippen molar-refractivity contribution in [3.8, 4) is 0 Å². The molecular formula is C15H22F3NO2. The number of hydrogen-bond donors (Lipinski definition) is 1. The first kappa shape index (κ1) is 17.9. The van der Waals surface area contributed by atoms with Crippen molar-refractivity contribution in [3.05, 3.63) is 35.4 Å². The standard InChI is InChI=1S/C15H22F3NO2/c1-14(2,20-3)8-9-21-10-13(19)11-6-4-5-7-12(11)15(16,17)18/h4-7,13H,8-10,19H2,1-3H3. The van der Waals surface area contributed by atoms with E-state index in [-0.39, 0.29) is 17.8 Å². The van der Waals surface area contributed by atoms with Crippen molar-refractivity contribution in [2.75, 3.05) is 20.3 Å². The molecule has 6 heteroatoms. The molecule has 3 nitrogen and oxygen atoms in total. The Morgan fingerprint density at radius 3 is 2.38 bits per heavy atom. The summed E-state index contributed by atoms with van der Waals surface area (Å²) in [6, 6.07) is 4.49. The maximum absolute atomic E-state index is 12.9. The van der Waals surface area contributed by atoms with Crippen LogP contribution >= 0.6 is 0 Å². The van der Waals surface area contributed by atoms with Crippen molar-refractivity contribution in [2.45, 2.75) is 38.1 Å². The first-order valence-electron chi connectivity index (χ1n) is 6.72. The molecule has 0 heterocycles. The molecule has 0 fully saturated rings. The summed E-state index contributed by atoms with van der Waals surface area (Å²) in [5, 5.41) is 0. The molecule has 0 saturated carbocycles. The molecule has 0 spiro atoms. The smallest absolute Gasteiger partial charge is 0.379 e. The first-order valence-corrected chi connectivity index (χ1v) is 6.72. The minimum absolute atomic E-state index is 0.0346. The number of ether oxygens (including phenoxy) is 2. The van der Waals surface area contributed by atoms with Gasteiger partial charge in [0.2, 0.25) is 0 Å². The lowest BCUT2D eigenvalue weighted by Crippen LogP contribution is -2.26. The van der Waals surface area contributed by atoms with Crippen LogP contribution in [0.5, 0.6) is 0 Å². The van der Waals surface area contributed by atoms with Crippen molar-refractivity contribution in [1.29, 1.82) is 0 Å². The van der Waals surface area contributed by atoms with Crippen molar-refractivity contribution >= 4 is 0 Å². The molecule has 0 aromatic heterocycles. The van der Waals surface area contributed by atoms with Crippen LogP contribution in [0.4, 0.5) is 13.2 Å². The zero-order chi connectivity index (χ0) is 16.1. The highest BCUT2D eigenvalue weighted by Crippen LogP contribution is 2.34. The average molecular weight is 305 g/mol. The Morgan fingerprint density at radius 2 is 1.81 bits per heavy atom. The normalized spacial score (nSPS) is 14.2. The fraction of sp³-hybridized carbons (Fsp3) is 0.600. The van der Waals surface area contributed by atoms with Gasteiger partial charge in [0.1, 0.15) is 0 Å². The molecule has 0 saturated heterocycles. The van der Waals surface area contributed by atoms with Crippen LogP contribution in [0.2, 0.25) is 0 Å². The van der Waals surface area contributed by atoms with E-state index in [1.165, 1.54) is 12.1 Å². The third kappa shape index (κ3) is 5.65. The second kappa shape index (κ2) is 7.24. The van der Waals surface area contributed by atoms with Gasteiger partial charge in [-0.3, -0.25) is 0 Å². The van der Waals surface area contributed by atoms with Gasteiger partial charge in [0.05, 0.1) is 23.8 Å². The van der Waals surface area contributed by atoms with E-state index in [0.717, 1.165) is 6.07 Å². The van der Waals surface area contributed by atoms with Gasteiger partial charge in [-0.1, -0.05) is 18.2 Å². The van der Waals surface area contributed by atoms with Crippen molar-refractivity contribution in [3.63, 3.8) is 0 Å². The zero-order valence-corrected chi connectivity index (χ0v) is 12.5. The molecular weight excluding hydrogens is 283 g/mol. The largest absolute Gasteiger partial charge is 0.416 e. The van der Waals surface area contributed by atoms with Crippen molar-refractivity contribution < 1.29 is 22.6 Å². The van der Waals surface area contributed by atoms with Crippen molar-refractivity contribution in [2.24, 2.45) is 5.73 Å². The lowest BCUT2D eigenvalue weighted by molar-refractivity contribution is -0.138. The number of hydrogen-bond acceptors (Lipinski definition) is 3. The summed E-state index contributed by atoms with van der Waals surface area (Å²) in [5.74, 6) is 0. The molecule has 1 aromatic carbocycles. The van der Waals surface area contributed by atoms with Crippen LogP contribution in [0.15, 0.2) is 24.3 Å². The quantitative estimate of drug-likeness (QED) is 0.784. The first-order chi connectivity index (χ1) is 9.67. The van der Waals surface area contributed by atoms with Gasteiger partial charge >= 0.3 is 6.18 Å². The van der Waals surface area contributed by atoms with E-state index < -0.39 is 17.8 Å². The molecule has 0 bridgehead atoms. The molecule has 1 atom stereocenters. The summed E-state index contributed by atoms with van der Waals surface area (Å²) in [6.07, 6.45) is -3.77. The molecule has 1 rings (SSSR count). The van der Waals surface area contributed by atoms with E-state index in [2.05, 4.69) is 0 Å². The Hall–Kier alpha value is -1.11. The van der Waals surface area contributed by atoms with Crippen LogP contribution in [0.25, 0.3) is 0 Å². The van der Waals surface area contributed by atoms with Gasteiger partial charge in [0.15, 0.2) is 0 Å². The van der Waals surface area contributed by atoms with Gasteiger partial charge in [-0.25, -0.2) is 0 Å². The minimum Gasteiger partial charge on any atom is -0.379 e. The van der Waals surface area contributed by atoms with Crippen molar-refractivity contribution in [1.82, 2.24) is 0 Å². The van der Waals surface area contributed by atoms with E-state index >= 15 is 0 Å². The van der Waals surface area contributed by atoms with Gasteiger partial charge in [-0.2, -0.15) is 13.2 Å². The van der Waals surface area contributed by atoms with Gasteiger partial charge in [-0.15, -0.1) is 0 Å². The fourth-order valence-corrected chi connectivity index (χ4v) is 1.80. The van der Waals surface area contributed by atoms with E-state index in [4.69, 9.17) is 15.2 Å². The van der Waals surface area contributed by atoms with Crippen LogP contribution in [-0.4, -0.2) is 25.9 Å². The summed E-state index contributed by atoms with van der Waals surface area (Å²) in [5.41, 5.74) is 4.84.